The molecule has 1 saturated heterocycles. The molecule has 1 heterocycles. The Morgan fingerprint density at radius 3 is 2.18 bits per heavy atom. The molecule has 0 radical (unpaired) electrons. The molecule has 0 unspecified atom stereocenters. The van der Waals surface area contributed by atoms with Crippen LogP contribution in [-0.2, 0) is 17.8 Å². The van der Waals surface area contributed by atoms with E-state index in [4.69, 9.17) is 5.73 Å². The third-order valence-electron chi connectivity index (χ3n) is 9.11. The number of amides is 2. The number of nitrogens with one attached hydrogen (secondary N) is 1. The van der Waals surface area contributed by atoms with E-state index in [-0.39, 0.29) is 17.7 Å². The Balaban J connectivity index is 1.23. The standard InChI is InChI=1S/C39H44N4O2/c40-21-8-22-43(39(45)33-15-16-33)28-31-11-7-14-34(26-31)35-17-18-37(36(27-35)41-38(44)32-12-5-2-6-13-32)42-23-19-30(20-24-42)25-29-9-3-1-4-10-29/h1-7,9-14,17-18,26-27,30,33H,8,15-16,19-25,28,40H2,(H,41,44). The maximum atomic E-state index is 13.4. The van der Waals surface area contributed by atoms with Crippen LogP contribution in [0.4, 0.5) is 11.4 Å². The highest BCUT2D eigenvalue weighted by Crippen LogP contribution is 2.36. The number of benzene rings is 4. The minimum atomic E-state index is -0.115. The lowest BCUT2D eigenvalue weighted by molar-refractivity contribution is -0.133. The molecule has 1 saturated carbocycles. The van der Waals surface area contributed by atoms with Gasteiger partial charge in [-0.05, 0) is 104 Å². The normalized spacial score (nSPS) is 15.1. The molecule has 45 heavy (non-hydrogen) atoms. The lowest BCUT2D eigenvalue weighted by atomic mass is 9.90. The molecule has 1 aliphatic carbocycles. The van der Waals surface area contributed by atoms with E-state index in [0.29, 0.717) is 31.1 Å². The summed E-state index contributed by atoms with van der Waals surface area (Å²) < 4.78 is 0. The smallest absolute Gasteiger partial charge is 0.255 e. The molecule has 4 aromatic rings. The molecule has 2 aliphatic rings. The van der Waals surface area contributed by atoms with Crippen molar-refractivity contribution >= 4 is 23.2 Å². The Labute approximate surface area is 267 Å². The Hall–Kier alpha value is -4.42. The summed E-state index contributed by atoms with van der Waals surface area (Å²) in [5, 5.41) is 3.24. The summed E-state index contributed by atoms with van der Waals surface area (Å²) in [5.41, 5.74) is 12.9. The molecule has 0 aromatic heterocycles. The van der Waals surface area contributed by atoms with Crippen molar-refractivity contribution in [2.75, 3.05) is 36.4 Å². The zero-order valence-electron chi connectivity index (χ0n) is 26.0. The van der Waals surface area contributed by atoms with Gasteiger partial charge in [-0.2, -0.15) is 0 Å². The summed E-state index contributed by atoms with van der Waals surface area (Å²) in [6.45, 7) is 3.74. The van der Waals surface area contributed by atoms with E-state index in [2.05, 4.69) is 83.0 Å². The number of anilines is 2. The van der Waals surface area contributed by atoms with Crippen LogP contribution < -0.4 is 16.0 Å². The Bertz CT molecular complexity index is 1580. The van der Waals surface area contributed by atoms with Gasteiger partial charge < -0.3 is 20.9 Å². The first-order chi connectivity index (χ1) is 22.1. The van der Waals surface area contributed by atoms with E-state index < -0.39 is 0 Å². The van der Waals surface area contributed by atoms with E-state index in [1.54, 1.807) is 0 Å². The zero-order valence-corrected chi connectivity index (χ0v) is 26.0. The van der Waals surface area contributed by atoms with E-state index >= 15 is 0 Å². The van der Waals surface area contributed by atoms with Crippen LogP contribution in [0.1, 0.15) is 53.6 Å². The van der Waals surface area contributed by atoms with E-state index in [1.165, 1.54) is 5.56 Å². The maximum Gasteiger partial charge on any atom is 0.255 e. The minimum Gasteiger partial charge on any atom is -0.370 e. The SMILES string of the molecule is NCCCN(Cc1cccc(-c2ccc(N3CCC(Cc4ccccc4)CC3)c(NC(=O)c3ccccc3)c2)c1)C(=O)C1CC1. The molecule has 232 valence electrons. The molecule has 0 bridgehead atoms. The monoisotopic (exact) mass is 600 g/mol. The summed E-state index contributed by atoms with van der Waals surface area (Å²) in [5.74, 6) is 0.967. The minimum absolute atomic E-state index is 0.115. The van der Waals surface area contributed by atoms with Gasteiger partial charge in [0.05, 0.1) is 11.4 Å². The van der Waals surface area contributed by atoms with Crippen LogP contribution in [0.3, 0.4) is 0 Å². The van der Waals surface area contributed by atoms with E-state index in [9.17, 15) is 9.59 Å². The maximum absolute atomic E-state index is 13.4. The van der Waals surface area contributed by atoms with Gasteiger partial charge in [0.2, 0.25) is 5.91 Å². The van der Waals surface area contributed by atoms with Crippen LogP contribution in [0.2, 0.25) is 0 Å². The van der Waals surface area contributed by atoms with Crippen LogP contribution >= 0.6 is 0 Å². The molecule has 1 aliphatic heterocycles. The van der Waals surface area contributed by atoms with Crippen LogP contribution in [0.25, 0.3) is 11.1 Å². The Kier molecular flexibility index (Phi) is 9.91. The first-order valence-electron chi connectivity index (χ1n) is 16.4. The summed E-state index contributed by atoms with van der Waals surface area (Å²) in [4.78, 5) is 30.7. The highest BCUT2D eigenvalue weighted by atomic mass is 16.2. The molecule has 2 fully saturated rings. The van der Waals surface area contributed by atoms with Gasteiger partial charge in [0, 0.05) is 37.7 Å². The third-order valence-corrected chi connectivity index (χ3v) is 9.11. The van der Waals surface area contributed by atoms with Gasteiger partial charge in [0.1, 0.15) is 0 Å². The fourth-order valence-corrected chi connectivity index (χ4v) is 6.41. The largest absolute Gasteiger partial charge is 0.370 e. The van der Waals surface area contributed by atoms with Crippen molar-refractivity contribution in [3.05, 3.63) is 120 Å². The van der Waals surface area contributed by atoms with Crippen molar-refractivity contribution in [2.45, 2.75) is 45.1 Å². The number of hydrogen-bond donors (Lipinski definition) is 2. The molecule has 0 spiro atoms. The van der Waals surface area contributed by atoms with Crippen LogP contribution in [0.15, 0.2) is 103 Å². The van der Waals surface area contributed by atoms with Crippen LogP contribution in [0.5, 0.6) is 0 Å². The van der Waals surface area contributed by atoms with Crippen LogP contribution in [-0.4, -0.2) is 42.9 Å². The van der Waals surface area contributed by atoms with Crippen molar-refractivity contribution < 1.29 is 9.59 Å². The number of hydrogen-bond acceptors (Lipinski definition) is 4. The molecular weight excluding hydrogens is 556 g/mol. The van der Waals surface area contributed by atoms with Gasteiger partial charge in [0.25, 0.3) is 5.91 Å². The molecule has 6 nitrogen and oxygen atoms in total. The second-order valence-electron chi connectivity index (χ2n) is 12.5. The van der Waals surface area contributed by atoms with Crippen molar-refractivity contribution in [1.29, 1.82) is 0 Å². The number of nitrogens with zero attached hydrogens (tertiary/aromatic N) is 2. The summed E-state index contributed by atoms with van der Waals surface area (Å²) in [6, 6.07) is 35.0. The highest BCUT2D eigenvalue weighted by molar-refractivity contribution is 6.06. The first kappa shape index (κ1) is 30.6. The van der Waals surface area contributed by atoms with Crippen molar-refractivity contribution in [2.24, 2.45) is 17.6 Å². The topological polar surface area (TPSA) is 78.7 Å². The lowest BCUT2D eigenvalue weighted by Gasteiger charge is -2.35. The van der Waals surface area contributed by atoms with Gasteiger partial charge >= 0.3 is 0 Å². The Morgan fingerprint density at radius 1 is 0.778 bits per heavy atom. The number of rotatable bonds is 12. The number of piperidine rings is 1. The second-order valence-corrected chi connectivity index (χ2v) is 12.5. The predicted molar refractivity (Wildman–Crippen MR) is 183 cm³/mol. The molecule has 2 amide bonds. The van der Waals surface area contributed by atoms with Gasteiger partial charge in [-0.3, -0.25) is 9.59 Å². The molecular formula is C39H44N4O2. The third kappa shape index (κ3) is 8.00. The van der Waals surface area contributed by atoms with Crippen molar-refractivity contribution in [1.82, 2.24) is 4.90 Å². The van der Waals surface area contributed by atoms with E-state index in [1.807, 2.05) is 35.2 Å². The predicted octanol–water partition coefficient (Wildman–Crippen LogP) is 7.15. The summed E-state index contributed by atoms with van der Waals surface area (Å²) in [7, 11) is 0. The van der Waals surface area contributed by atoms with E-state index in [0.717, 1.165) is 79.7 Å². The molecule has 6 rings (SSSR count). The van der Waals surface area contributed by atoms with Gasteiger partial charge in [0.15, 0.2) is 0 Å². The summed E-state index contributed by atoms with van der Waals surface area (Å²) >= 11 is 0. The fourth-order valence-electron chi connectivity index (χ4n) is 6.41. The quantitative estimate of drug-likeness (QED) is 0.181. The van der Waals surface area contributed by atoms with Crippen LogP contribution in [0, 0.1) is 11.8 Å². The summed E-state index contributed by atoms with van der Waals surface area (Å²) in [6.07, 6.45) is 6.13. The lowest BCUT2D eigenvalue weighted by Crippen LogP contribution is -2.35. The van der Waals surface area contributed by atoms with Gasteiger partial charge in [-0.15, -0.1) is 0 Å². The molecule has 6 heteroatoms. The average molecular weight is 601 g/mol. The Morgan fingerprint density at radius 2 is 1.47 bits per heavy atom. The number of carbonyl (C=O) groups excluding carboxylic acids is 2. The van der Waals surface area contributed by atoms with Crippen molar-refractivity contribution in [3.63, 3.8) is 0 Å². The number of nitrogens with two attached hydrogens (primary N) is 1. The molecule has 4 aromatic carbocycles. The zero-order chi connectivity index (χ0) is 31.0. The highest BCUT2D eigenvalue weighted by Gasteiger charge is 2.33. The first-order valence-corrected chi connectivity index (χ1v) is 16.4. The van der Waals surface area contributed by atoms with Gasteiger partial charge in [-0.1, -0.05) is 72.8 Å². The average Bonchev–Trinajstić information content (AvgIpc) is 3.94. The molecule has 0 atom stereocenters. The van der Waals surface area contributed by atoms with Crippen molar-refractivity contribution in [3.8, 4) is 11.1 Å². The van der Waals surface area contributed by atoms with Gasteiger partial charge in [-0.25, -0.2) is 0 Å². The second kappa shape index (κ2) is 14.6. The molecule has 3 N–H and O–H groups in total. The fraction of sp³-hybridized carbons (Fsp3) is 0.333. The number of carbonyl (C=O) groups is 2.